The van der Waals surface area contributed by atoms with Crippen molar-refractivity contribution in [2.75, 3.05) is 0 Å². The second-order valence-electron chi connectivity index (χ2n) is 2.66. The predicted molar refractivity (Wildman–Crippen MR) is 36.7 cm³/mol. The van der Waals surface area contributed by atoms with E-state index in [2.05, 4.69) is 10.1 Å². The third-order valence-corrected chi connectivity index (χ3v) is 1.42. The van der Waals surface area contributed by atoms with Crippen molar-refractivity contribution in [1.82, 2.24) is 10.1 Å². The van der Waals surface area contributed by atoms with Crippen molar-refractivity contribution in [2.24, 2.45) is 7.05 Å². The Morgan fingerprint density at radius 1 is 1.50 bits per heavy atom. The van der Waals surface area contributed by atoms with Gasteiger partial charge in [-0.2, -0.15) is 14.8 Å². The van der Waals surface area contributed by atoms with Crippen LogP contribution in [0.2, 0.25) is 0 Å². The van der Waals surface area contributed by atoms with E-state index in [9.17, 15) is 4.79 Å². The molecule has 0 radical (unpaired) electrons. The zero-order chi connectivity index (χ0) is 7.72. The molecule has 10 heavy (non-hydrogen) atoms. The van der Waals surface area contributed by atoms with Crippen LogP contribution >= 0.6 is 0 Å². The molecule has 1 rings (SSSR count). The van der Waals surface area contributed by atoms with Gasteiger partial charge in [-0.25, -0.2) is 4.79 Å². The molecule has 1 aromatic rings. The second kappa shape index (κ2) is 2.28. The summed E-state index contributed by atoms with van der Waals surface area (Å²) in [7, 11) is 1.81. The average Bonchev–Trinajstić information content (AvgIpc) is 2.10. The molecule has 0 amide bonds. The van der Waals surface area contributed by atoms with Crippen LogP contribution in [0.15, 0.2) is 4.79 Å². The number of aromatic nitrogens is 3. The topological polar surface area (TPSA) is 52.5 Å². The minimum absolute atomic E-state index is 0.147. The molecule has 2 N–H and O–H groups in total. The smallest absolute Gasteiger partial charge is 0.217 e. The lowest BCUT2D eigenvalue weighted by atomic mass is 10.2. The molecule has 0 atom stereocenters. The Balaban J connectivity index is 3.15. The normalized spacial score (nSPS) is 10.8. The summed E-state index contributed by atoms with van der Waals surface area (Å²) in [5.74, 6) is 1.27. The van der Waals surface area contributed by atoms with Crippen LogP contribution in [0.5, 0.6) is 0 Å². The number of nitrogens with one attached hydrogen (secondary N) is 2. The summed E-state index contributed by atoms with van der Waals surface area (Å²) in [5.41, 5.74) is -0.147. The first-order valence-electron chi connectivity index (χ1n) is 3.29. The number of hydrogen-bond donors (Lipinski definition) is 2. The number of aryl methyl sites for hydroxylation is 1. The van der Waals surface area contributed by atoms with Gasteiger partial charge in [-0.05, 0) is 0 Å². The molecule has 4 heteroatoms. The molecule has 0 aliphatic heterocycles. The number of rotatable bonds is 1. The summed E-state index contributed by atoms with van der Waals surface area (Å²) in [6, 6.07) is 0. The van der Waals surface area contributed by atoms with E-state index in [0.717, 1.165) is 5.82 Å². The summed E-state index contributed by atoms with van der Waals surface area (Å²) in [5, 5.41) is 2.59. The standard InChI is InChI=1S/C6H11N3O/c1-4(2)5-7-6(10)8-9(5)3/h4H,1-3H3,(H,8,10)/p+1. The molecule has 56 valence electrons. The lowest BCUT2D eigenvalue weighted by Gasteiger charge is -1.93. The van der Waals surface area contributed by atoms with Crippen LogP contribution < -0.4 is 10.4 Å². The highest BCUT2D eigenvalue weighted by Gasteiger charge is 2.13. The summed E-state index contributed by atoms with van der Waals surface area (Å²) in [6.45, 7) is 4.05. The zero-order valence-electron chi connectivity index (χ0n) is 6.43. The molecular formula is C6H12N3O+. The summed E-state index contributed by atoms with van der Waals surface area (Å²) in [6.07, 6.45) is 0. The summed E-state index contributed by atoms with van der Waals surface area (Å²) < 4.78 is 1.70. The van der Waals surface area contributed by atoms with E-state index in [0.29, 0.717) is 5.92 Å². The van der Waals surface area contributed by atoms with E-state index in [1.54, 1.807) is 4.68 Å². The SMILES string of the molecule is CC(C)c1[nH]c(=O)[nH][n+]1C. The number of H-pyrrole nitrogens is 2. The van der Waals surface area contributed by atoms with Crippen molar-refractivity contribution >= 4 is 0 Å². The molecular weight excluding hydrogens is 130 g/mol. The fourth-order valence-corrected chi connectivity index (χ4v) is 0.972. The van der Waals surface area contributed by atoms with E-state index in [1.807, 2.05) is 20.9 Å². The molecule has 4 nitrogen and oxygen atoms in total. The average molecular weight is 142 g/mol. The minimum Gasteiger partial charge on any atom is -0.217 e. The summed E-state index contributed by atoms with van der Waals surface area (Å²) >= 11 is 0. The third kappa shape index (κ3) is 1.10. The molecule has 0 aliphatic carbocycles. The predicted octanol–water partition coefficient (Wildman–Crippen LogP) is -0.349. The highest BCUT2D eigenvalue weighted by atomic mass is 16.1. The maximum atomic E-state index is 10.7. The van der Waals surface area contributed by atoms with E-state index in [-0.39, 0.29) is 5.69 Å². The van der Waals surface area contributed by atoms with E-state index in [4.69, 9.17) is 0 Å². The van der Waals surface area contributed by atoms with Gasteiger partial charge in [0.25, 0.3) is 5.82 Å². The van der Waals surface area contributed by atoms with Crippen molar-refractivity contribution in [3.05, 3.63) is 16.3 Å². The molecule has 1 aromatic heterocycles. The Morgan fingerprint density at radius 3 is 2.30 bits per heavy atom. The first-order chi connectivity index (χ1) is 4.61. The van der Waals surface area contributed by atoms with Crippen molar-refractivity contribution in [3.63, 3.8) is 0 Å². The lowest BCUT2D eigenvalue weighted by molar-refractivity contribution is -0.736. The maximum Gasteiger partial charge on any atom is 0.441 e. The van der Waals surface area contributed by atoms with Gasteiger partial charge in [-0.15, -0.1) is 0 Å². The van der Waals surface area contributed by atoms with Gasteiger partial charge < -0.3 is 0 Å². The van der Waals surface area contributed by atoms with Gasteiger partial charge in [-0.1, -0.05) is 13.8 Å². The molecule has 0 bridgehead atoms. The Bertz CT molecular complexity index is 271. The Labute approximate surface area is 58.9 Å². The van der Waals surface area contributed by atoms with Gasteiger partial charge in [0.15, 0.2) is 0 Å². The van der Waals surface area contributed by atoms with Crippen molar-refractivity contribution in [2.45, 2.75) is 19.8 Å². The Morgan fingerprint density at radius 2 is 2.10 bits per heavy atom. The largest absolute Gasteiger partial charge is 0.441 e. The molecule has 0 fully saturated rings. The highest BCUT2D eigenvalue weighted by molar-refractivity contribution is 4.80. The van der Waals surface area contributed by atoms with Gasteiger partial charge >= 0.3 is 5.69 Å². The van der Waals surface area contributed by atoms with Crippen LogP contribution in [-0.2, 0) is 7.05 Å². The Hall–Kier alpha value is -1.06. The maximum absolute atomic E-state index is 10.7. The highest BCUT2D eigenvalue weighted by Crippen LogP contribution is 2.01. The van der Waals surface area contributed by atoms with Gasteiger partial charge in [-0.3, -0.25) is 0 Å². The Kier molecular flexibility index (Phi) is 1.61. The van der Waals surface area contributed by atoms with E-state index >= 15 is 0 Å². The third-order valence-electron chi connectivity index (χ3n) is 1.42. The fraction of sp³-hybridized carbons (Fsp3) is 0.667. The van der Waals surface area contributed by atoms with Gasteiger partial charge in [0.05, 0.1) is 5.92 Å². The molecule has 0 saturated carbocycles. The minimum atomic E-state index is -0.147. The fourth-order valence-electron chi connectivity index (χ4n) is 0.972. The van der Waals surface area contributed by atoms with Crippen LogP contribution in [0, 0.1) is 0 Å². The number of hydrogen-bond acceptors (Lipinski definition) is 1. The second-order valence-corrected chi connectivity index (χ2v) is 2.66. The van der Waals surface area contributed by atoms with Crippen LogP contribution in [0.4, 0.5) is 0 Å². The van der Waals surface area contributed by atoms with Gasteiger partial charge in [0.1, 0.15) is 7.05 Å². The number of aromatic amines is 2. The zero-order valence-corrected chi connectivity index (χ0v) is 6.43. The molecule has 1 heterocycles. The van der Waals surface area contributed by atoms with E-state index < -0.39 is 0 Å². The van der Waals surface area contributed by atoms with Gasteiger partial charge in [0.2, 0.25) is 0 Å². The first-order valence-corrected chi connectivity index (χ1v) is 3.29. The quantitative estimate of drug-likeness (QED) is 0.517. The molecule has 0 saturated heterocycles. The van der Waals surface area contributed by atoms with Crippen LogP contribution in [0.1, 0.15) is 25.6 Å². The molecule has 0 spiro atoms. The van der Waals surface area contributed by atoms with Crippen molar-refractivity contribution in [3.8, 4) is 0 Å². The van der Waals surface area contributed by atoms with Crippen LogP contribution in [-0.4, -0.2) is 10.1 Å². The molecule has 0 aromatic carbocycles. The lowest BCUT2D eigenvalue weighted by Crippen LogP contribution is -2.36. The molecule has 0 unspecified atom stereocenters. The van der Waals surface area contributed by atoms with Crippen molar-refractivity contribution < 1.29 is 4.68 Å². The first kappa shape index (κ1) is 7.05. The van der Waals surface area contributed by atoms with Crippen molar-refractivity contribution in [1.29, 1.82) is 0 Å². The molecule has 0 aliphatic rings. The monoisotopic (exact) mass is 142 g/mol. The van der Waals surface area contributed by atoms with E-state index in [1.165, 1.54) is 0 Å². The van der Waals surface area contributed by atoms with Crippen LogP contribution in [0.3, 0.4) is 0 Å². The number of nitrogens with zero attached hydrogens (tertiary/aromatic N) is 1. The van der Waals surface area contributed by atoms with Crippen LogP contribution in [0.25, 0.3) is 0 Å². The van der Waals surface area contributed by atoms with Gasteiger partial charge in [0, 0.05) is 0 Å². The summed E-state index contributed by atoms with van der Waals surface area (Å²) in [4.78, 5) is 13.4.